The van der Waals surface area contributed by atoms with Crippen LogP contribution in [0.1, 0.15) is 16.2 Å². The van der Waals surface area contributed by atoms with Crippen molar-refractivity contribution in [3.8, 4) is 22.9 Å². The predicted molar refractivity (Wildman–Crippen MR) is 100 cm³/mol. The first-order chi connectivity index (χ1) is 13.0. The van der Waals surface area contributed by atoms with Crippen molar-refractivity contribution in [1.29, 1.82) is 0 Å². The molecule has 0 spiro atoms. The number of aromatic nitrogens is 2. The summed E-state index contributed by atoms with van der Waals surface area (Å²) in [5, 5.41) is 4.33. The molecule has 0 N–H and O–H groups in total. The lowest BCUT2D eigenvalue weighted by molar-refractivity contribution is 0.0769. The molecule has 27 heavy (non-hydrogen) atoms. The predicted octanol–water partition coefficient (Wildman–Crippen LogP) is 3.68. The number of ether oxygens (including phenoxy) is 2. The van der Waals surface area contributed by atoms with Gasteiger partial charge in [0.25, 0.3) is 5.91 Å². The van der Waals surface area contributed by atoms with E-state index in [0.717, 1.165) is 11.3 Å². The molecule has 0 unspecified atom stereocenters. The highest BCUT2D eigenvalue weighted by molar-refractivity contribution is 6.32. The van der Waals surface area contributed by atoms with Crippen molar-refractivity contribution >= 4 is 17.5 Å². The Hall–Kier alpha value is -3.06. The van der Waals surface area contributed by atoms with Gasteiger partial charge in [0.2, 0.25) is 11.7 Å². The average molecular weight is 388 g/mol. The van der Waals surface area contributed by atoms with Gasteiger partial charge in [0, 0.05) is 18.2 Å². The van der Waals surface area contributed by atoms with Gasteiger partial charge in [-0.25, -0.2) is 0 Å². The van der Waals surface area contributed by atoms with Crippen molar-refractivity contribution in [2.45, 2.75) is 6.54 Å². The largest absolute Gasteiger partial charge is 0.497 e. The Kier molecular flexibility index (Phi) is 5.61. The maximum atomic E-state index is 12.6. The van der Waals surface area contributed by atoms with E-state index in [1.807, 2.05) is 24.3 Å². The Morgan fingerprint density at radius 1 is 1.15 bits per heavy atom. The maximum Gasteiger partial charge on any atom is 0.254 e. The summed E-state index contributed by atoms with van der Waals surface area (Å²) in [6, 6.07) is 12.2. The number of rotatable bonds is 6. The second-order valence-electron chi connectivity index (χ2n) is 5.75. The molecule has 0 fully saturated rings. The summed E-state index contributed by atoms with van der Waals surface area (Å²) in [4.78, 5) is 18.4. The Balaban J connectivity index is 1.70. The zero-order valence-corrected chi connectivity index (χ0v) is 15.9. The van der Waals surface area contributed by atoms with Crippen LogP contribution in [0.4, 0.5) is 0 Å². The van der Waals surface area contributed by atoms with Crippen molar-refractivity contribution in [1.82, 2.24) is 15.0 Å². The van der Waals surface area contributed by atoms with E-state index >= 15 is 0 Å². The molecule has 0 saturated carbocycles. The number of carbonyl (C=O) groups excluding carboxylic acids is 1. The van der Waals surface area contributed by atoms with Gasteiger partial charge in [0.15, 0.2) is 0 Å². The van der Waals surface area contributed by atoms with E-state index in [-0.39, 0.29) is 12.5 Å². The zero-order chi connectivity index (χ0) is 19.4. The molecule has 0 saturated heterocycles. The maximum absolute atomic E-state index is 12.6. The monoisotopic (exact) mass is 387 g/mol. The van der Waals surface area contributed by atoms with Crippen molar-refractivity contribution < 1.29 is 18.8 Å². The summed E-state index contributed by atoms with van der Waals surface area (Å²) in [5.74, 6) is 1.81. The fourth-order valence-corrected chi connectivity index (χ4v) is 2.73. The summed E-state index contributed by atoms with van der Waals surface area (Å²) in [5.41, 5.74) is 1.24. The second-order valence-corrected chi connectivity index (χ2v) is 6.16. The highest BCUT2D eigenvalue weighted by Crippen LogP contribution is 2.25. The lowest BCUT2D eigenvalue weighted by Gasteiger charge is -2.15. The van der Waals surface area contributed by atoms with Gasteiger partial charge in [-0.1, -0.05) is 16.8 Å². The van der Waals surface area contributed by atoms with Gasteiger partial charge in [-0.15, -0.1) is 0 Å². The van der Waals surface area contributed by atoms with Crippen LogP contribution in [0, 0.1) is 0 Å². The molecule has 0 aliphatic rings. The van der Waals surface area contributed by atoms with Crippen molar-refractivity contribution in [2.24, 2.45) is 0 Å². The Morgan fingerprint density at radius 3 is 2.52 bits per heavy atom. The normalized spacial score (nSPS) is 10.5. The van der Waals surface area contributed by atoms with Crippen LogP contribution in [-0.2, 0) is 6.54 Å². The van der Waals surface area contributed by atoms with Crippen molar-refractivity contribution in [3.63, 3.8) is 0 Å². The number of carbonyl (C=O) groups is 1. The molecule has 2 aromatic carbocycles. The number of benzene rings is 2. The van der Waals surface area contributed by atoms with E-state index in [2.05, 4.69) is 10.1 Å². The van der Waals surface area contributed by atoms with Crippen LogP contribution in [0.15, 0.2) is 47.0 Å². The fraction of sp³-hybridized carbons (Fsp3) is 0.211. The van der Waals surface area contributed by atoms with E-state index < -0.39 is 0 Å². The van der Waals surface area contributed by atoms with Crippen molar-refractivity contribution in [3.05, 3.63) is 58.9 Å². The molecule has 1 aromatic heterocycles. The molecular formula is C19H18ClN3O4. The van der Waals surface area contributed by atoms with Crippen LogP contribution >= 0.6 is 11.6 Å². The molecule has 3 rings (SSSR count). The van der Waals surface area contributed by atoms with Gasteiger partial charge in [-0.05, 0) is 42.5 Å². The summed E-state index contributed by atoms with van der Waals surface area (Å²) < 4.78 is 15.5. The molecular weight excluding hydrogens is 370 g/mol. The Morgan fingerprint density at radius 2 is 1.89 bits per heavy atom. The van der Waals surface area contributed by atoms with Crippen LogP contribution in [0.5, 0.6) is 11.5 Å². The third-order valence-corrected chi connectivity index (χ3v) is 4.23. The number of methoxy groups -OCH3 is 2. The van der Waals surface area contributed by atoms with Crippen LogP contribution < -0.4 is 9.47 Å². The van der Waals surface area contributed by atoms with Gasteiger partial charge >= 0.3 is 0 Å². The minimum absolute atomic E-state index is 0.172. The molecule has 8 heteroatoms. The van der Waals surface area contributed by atoms with Crippen molar-refractivity contribution in [2.75, 3.05) is 21.3 Å². The number of nitrogens with zero attached hydrogens (tertiary/aromatic N) is 3. The number of hydrogen-bond acceptors (Lipinski definition) is 6. The van der Waals surface area contributed by atoms with E-state index in [0.29, 0.717) is 28.1 Å². The number of amides is 1. The molecule has 3 aromatic rings. The first-order valence-corrected chi connectivity index (χ1v) is 8.45. The summed E-state index contributed by atoms with van der Waals surface area (Å²) >= 11 is 6.09. The third kappa shape index (κ3) is 4.20. The van der Waals surface area contributed by atoms with Gasteiger partial charge in [0.1, 0.15) is 11.5 Å². The molecule has 0 aliphatic heterocycles. The van der Waals surface area contributed by atoms with Crippen LogP contribution in [0.25, 0.3) is 11.4 Å². The topological polar surface area (TPSA) is 77.7 Å². The first kappa shape index (κ1) is 18.7. The van der Waals surface area contributed by atoms with Gasteiger partial charge in [0.05, 0.1) is 25.8 Å². The molecule has 7 nitrogen and oxygen atoms in total. The highest BCUT2D eigenvalue weighted by atomic mass is 35.5. The smallest absolute Gasteiger partial charge is 0.254 e. The minimum Gasteiger partial charge on any atom is -0.497 e. The van der Waals surface area contributed by atoms with E-state index in [1.54, 1.807) is 32.4 Å². The molecule has 0 aliphatic carbocycles. The number of halogens is 1. The molecule has 1 amide bonds. The minimum atomic E-state index is -0.219. The fourth-order valence-electron chi connectivity index (χ4n) is 2.47. The van der Waals surface area contributed by atoms with E-state index in [1.165, 1.54) is 12.0 Å². The third-order valence-electron chi connectivity index (χ3n) is 3.93. The molecule has 1 heterocycles. The van der Waals surface area contributed by atoms with E-state index in [4.69, 9.17) is 25.6 Å². The Labute approximate surface area is 161 Å². The summed E-state index contributed by atoms with van der Waals surface area (Å²) in [6.45, 7) is 0.172. The quantitative estimate of drug-likeness (QED) is 0.642. The molecule has 140 valence electrons. The number of hydrogen-bond donors (Lipinski definition) is 0. The van der Waals surface area contributed by atoms with Crippen LogP contribution in [-0.4, -0.2) is 42.2 Å². The van der Waals surface area contributed by atoms with Crippen LogP contribution in [0.2, 0.25) is 5.02 Å². The highest BCUT2D eigenvalue weighted by Gasteiger charge is 2.17. The Bertz CT molecular complexity index is 940. The van der Waals surface area contributed by atoms with E-state index in [9.17, 15) is 4.79 Å². The average Bonchev–Trinajstić information content (AvgIpc) is 3.15. The lowest BCUT2D eigenvalue weighted by Crippen LogP contribution is -2.26. The van der Waals surface area contributed by atoms with Gasteiger partial charge < -0.3 is 18.9 Å². The van der Waals surface area contributed by atoms with Gasteiger partial charge in [-0.2, -0.15) is 4.98 Å². The lowest BCUT2D eigenvalue weighted by atomic mass is 10.2. The summed E-state index contributed by atoms with van der Waals surface area (Å²) in [7, 11) is 4.77. The SMILES string of the molecule is COc1ccc(-c2noc(CN(C)C(=O)c3ccc(OC)c(Cl)c3)n2)cc1. The van der Waals surface area contributed by atoms with Crippen LogP contribution in [0.3, 0.4) is 0 Å². The molecule has 0 bridgehead atoms. The first-order valence-electron chi connectivity index (χ1n) is 8.08. The standard InChI is InChI=1S/C19H18ClN3O4/c1-23(19(24)13-6-9-16(26-3)15(20)10-13)11-17-21-18(22-27-17)12-4-7-14(25-2)8-5-12/h4-10H,11H2,1-3H3. The molecule has 0 atom stereocenters. The van der Waals surface area contributed by atoms with Gasteiger partial charge in [-0.3, -0.25) is 4.79 Å². The zero-order valence-electron chi connectivity index (χ0n) is 15.1. The molecule has 0 radical (unpaired) electrons. The second kappa shape index (κ2) is 8.09. The summed E-state index contributed by atoms with van der Waals surface area (Å²) in [6.07, 6.45) is 0.